The Kier molecular flexibility index (Phi) is 4.62. The lowest BCUT2D eigenvalue weighted by atomic mass is 10.1. The smallest absolute Gasteiger partial charge is 0.311 e. The molecule has 0 unspecified atom stereocenters. The molecule has 0 spiro atoms. The van der Waals surface area contributed by atoms with Gasteiger partial charge in [0.1, 0.15) is 5.58 Å². The summed E-state index contributed by atoms with van der Waals surface area (Å²) in [5.41, 5.74) is 2.60. The van der Waals surface area contributed by atoms with Gasteiger partial charge in [0.05, 0.1) is 12.7 Å². The number of hydrogen-bond acceptors (Lipinski definition) is 4. The standard InChI is InChI=1S/C16H19NO4/c1-4-17-16(19)11(3)21-15(18)8-12-9-20-14-7-10(2)5-6-13(12)14/h5-7,9,11H,4,8H2,1-3H3,(H,17,19)/t11-/m1/s1. The van der Waals surface area contributed by atoms with Gasteiger partial charge in [-0.05, 0) is 32.4 Å². The molecule has 1 aromatic carbocycles. The number of rotatable bonds is 5. The molecule has 0 fully saturated rings. The fourth-order valence-electron chi connectivity index (χ4n) is 2.09. The molecule has 21 heavy (non-hydrogen) atoms. The first-order chi connectivity index (χ1) is 10.0. The number of nitrogens with one attached hydrogen (secondary N) is 1. The lowest BCUT2D eigenvalue weighted by molar-refractivity contribution is -0.154. The van der Waals surface area contributed by atoms with E-state index in [2.05, 4.69) is 5.32 Å². The minimum atomic E-state index is -0.794. The minimum Gasteiger partial charge on any atom is -0.464 e. The molecule has 0 radical (unpaired) electrons. The topological polar surface area (TPSA) is 68.5 Å². The fraction of sp³-hybridized carbons (Fsp3) is 0.375. The van der Waals surface area contributed by atoms with E-state index in [1.165, 1.54) is 0 Å². The van der Waals surface area contributed by atoms with Gasteiger partial charge in [0.25, 0.3) is 5.91 Å². The quantitative estimate of drug-likeness (QED) is 0.858. The van der Waals surface area contributed by atoms with Gasteiger partial charge in [0, 0.05) is 17.5 Å². The van der Waals surface area contributed by atoms with Crippen molar-refractivity contribution in [1.29, 1.82) is 0 Å². The Bertz CT molecular complexity index is 659. The molecule has 0 aliphatic carbocycles. The van der Waals surface area contributed by atoms with Crippen LogP contribution < -0.4 is 5.32 Å². The highest BCUT2D eigenvalue weighted by atomic mass is 16.5. The van der Waals surface area contributed by atoms with E-state index < -0.39 is 12.1 Å². The van der Waals surface area contributed by atoms with Crippen LogP contribution in [0, 0.1) is 6.92 Å². The van der Waals surface area contributed by atoms with Crippen LogP contribution in [0.2, 0.25) is 0 Å². The summed E-state index contributed by atoms with van der Waals surface area (Å²) in [5, 5.41) is 3.50. The van der Waals surface area contributed by atoms with E-state index in [9.17, 15) is 9.59 Å². The summed E-state index contributed by atoms with van der Waals surface area (Å²) in [4.78, 5) is 23.4. The SMILES string of the molecule is CCNC(=O)[C@@H](C)OC(=O)Cc1coc2cc(C)ccc12. The van der Waals surface area contributed by atoms with Crippen molar-refractivity contribution in [2.75, 3.05) is 6.54 Å². The van der Waals surface area contributed by atoms with Crippen molar-refractivity contribution in [1.82, 2.24) is 5.32 Å². The Balaban J connectivity index is 2.03. The number of hydrogen-bond donors (Lipinski definition) is 1. The largest absolute Gasteiger partial charge is 0.464 e. The van der Waals surface area contributed by atoms with Gasteiger partial charge in [0.15, 0.2) is 6.10 Å². The molecular formula is C16H19NO4. The molecule has 2 aromatic rings. The van der Waals surface area contributed by atoms with Gasteiger partial charge in [-0.15, -0.1) is 0 Å². The fourth-order valence-corrected chi connectivity index (χ4v) is 2.09. The third kappa shape index (κ3) is 3.62. The van der Waals surface area contributed by atoms with Crippen molar-refractivity contribution in [2.45, 2.75) is 33.3 Å². The van der Waals surface area contributed by atoms with Crippen LogP contribution in [0.15, 0.2) is 28.9 Å². The van der Waals surface area contributed by atoms with Gasteiger partial charge in [-0.3, -0.25) is 9.59 Å². The molecule has 1 aromatic heterocycles. The highest BCUT2D eigenvalue weighted by Gasteiger charge is 2.18. The van der Waals surface area contributed by atoms with Gasteiger partial charge in [-0.25, -0.2) is 0 Å². The van der Waals surface area contributed by atoms with Crippen LogP contribution >= 0.6 is 0 Å². The van der Waals surface area contributed by atoms with E-state index in [4.69, 9.17) is 9.15 Å². The number of carbonyl (C=O) groups is 2. The van der Waals surface area contributed by atoms with E-state index in [1.54, 1.807) is 13.2 Å². The number of furan rings is 1. The second kappa shape index (κ2) is 6.43. The van der Waals surface area contributed by atoms with Crippen LogP contribution in [0.4, 0.5) is 0 Å². The maximum Gasteiger partial charge on any atom is 0.311 e. The molecule has 2 rings (SSSR count). The maximum atomic E-state index is 11.9. The maximum absolute atomic E-state index is 11.9. The van der Waals surface area contributed by atoms with Gasteiger partial charge in [0.2, 0.25) is 0 Å². The number of esters is 1. The van der Waals surface area contributed by atoms with E-state index in [-0.39, 0.29) is 12.3 Å². The number of fused-ring (bicyclic) bond motifs is 1. The number of carbonyl (C=O) groups excluding carboxylic acids is 2. The molecular weight excluding hydrogens is 270 g/mol. The van der Waals surface area contributed by atoms with E-state index >= 15 is 0 Å². The second-order valence-corrected chi connectivity index (χ2v) is 4.96. The van der Waals surface area contributed by atoms with Crippen molar-refractivity contribution in [3.8, 4) is 0 Å². The molecule has 112 valence electrons. The summed E-state index contributed by atoms with van der Waals surface area (Å²) in [6.45, 7) is 5.85. The van der Waals surface area contributed by atoms with E-state index in [0.717, 1.165) is 22.1 Å². The number of aryl methyl sites for hydroxylation is 1. The molecule has 0 saturated heterocycles. The first kappa shape index (κ1) is 15.1. The van der Waals surface area contributed by atoms with Crippen molar-refractivity contribution in [3.05, 3.63) is 35.6 Å². The predicted molar refractivity (Wildman–Crippen MR) is 78.9 cm³/mol. The second-order valence-electron chi connectivity index (χ2n) is 4.96. The number of amides is 1. The van der Waals surface area contributed by atoms with Gasteiger partial charge in [-0.2, -0.15) is 0 Å². The zero-order valence-corrected chi connectivity index (χ0v) is 12.4. The molecule has 5 nitrogen and oxygen atoms in total. The van der Waals surface area contributed by atoms with Gasteiger partial charge in [-0.1, -0.05) is 12.1 Å². The zero-order chi connectivity index (χ0) is 15.4. The summed E-state index contributed by atoms with van der Waals surface area (Å²) in [7, 11) is 0. The lowest BCUT2D eigenvalue weighted by Gasteiger charge is -2.12. The summed E-state index contributed by atoms with van der Waals surface area (Å²) >= 11 is 0. The third-order valence-electron chi connectivity index (χ3n) is 3.17. The van der Waals surface area contributed by atoms with E-state index in [1.807, 2.05) is 32.0 Å². The van der Waals surface area contributed by atoms with Crippen LogP contribution in [0.1, 0.15) is 25.0 Å². The van der Waals surface area contributed by atoms with Crippen molar-refractivity contribution >= 4 is 22.8 Å². The third-order valence-corrected chi connectivity index (χ3v) is 3.17. The molecule has 5 heteroatoms. The molecule has 0 aliphatic heterocycles. The Morgan fingerprint density at radius 1 is 1.38 bits per heavy atom. The predicted octanol–water partition coefficient (Wildman–Crippen LogP) is 2.35. The van der Waals surface area contributed by atoms with Crippen LogP contribution in [0.3, 0.4) is 0 Å². The highest BCUT2D eigenvalue weighted by molar-refractivity contribution is 5.88. The molecule has 1 atom stereocenters. The molecule has 1 heterocycles. The Hall–Kier alpha value is -2.30. The van der Waals surface area contributed by atoms with Crippen LogP contribution in [-0.4, -0.2) is 24.5 Å². The summed E-state index contributed by atoms with van der Waals surface area (Å²) < 4.78 is 10.6. The van der Waals surface area contributed by atoms with E-state index in [0.29, 0.717) is 6.54 Å². The Morgan fingerprint density at radius 3 is 2.86 bits per heavy atom. The molecule has 0 bridgehead atoms. The summed E-state index contributed by atoms with van der Waals surface area (Å²) in [5.74, 6) is -0.740. The first-order valence-electron chi connectivity index (χ1n) is 6.95. The molecule has 0 aliphatic rings. The first-order valence-corrected chi connectivity index (χ1v) is 6.95. The van der Waals surface area contributed by atoms with Gasteiger partial charge < -0.3 is 14.5 Å². The zero-order valence-electron chi connectivity index (χ0n) is 12.4. The highest BCUT2D eigenvalue weighted by Crippen LogP contribution is 2.23. The van der Waals surface area contributed by atoms with Crippen LogP contribution in [0.25, 0.3) is 11.0 Å². The normalized spacial score (nSPS) is 12.1. The van der Waals surface area contributed by atoms with Crippen molar-refractivity contribution < 1.29 is 18.7 Å². The Labute approximate surface area is 123 Å². The van der Waals surface area contributed by atoms with Crippen molar-refractivity contribution in [3.63, 3.8) is 0 Å². The monoisotopic (exact) mass is 289 g/mol. The number of likely N-dealkylation sites (N-methyl/N-ethyl adjacent to an activating group) is 1. The minimum absolute atomic E-state index is 0.0831. The molecule has 0 saturated carbocycles. The van der Waals surface area contributed by atoms with Crippen LogP contribution in [-0.2, 0) is 20.7 Å². The van der Waals surface area contributed by atoms with Crippen LogP contribution in [0.5, 0.6) is 0 Å². The molecule has 1 amide bonds. The summed E-state index contributed by atoms with van der Waals surface area (Å²) in [6, 6.07) is 5.80. The average Bonchev–Trinajstić information content (AvgIpc) is 2.81. The summed E-state index contributed by atoms with van der Waals surface area (Å²) in [6.07, 6.45) is 0.847. The Morgan fingerprint density at radius 2 is 2.14 bits per heavy atom. The number of ether oxygens (including phenoxy) is 1. The number of benzene rings is 1. The average molecular weight is 289 g/mol. The molecule has 1 N–H and O–H groups in total. The van der Waals surface area contributed by atoms with Crippen molar-refractivity contribution in [2.24, 2.45) is 0 Å². The lowest BCUT2D eigenvalue weighted by Crippen LogP contribution is -2.35. The van der Waals surface area contributed by atoms with Gasteiger partial charge >= 0.3 is 5.97 Å².